The van der Waals surface area contributed by atoms with Crippen molar-refractivity contribution < 1.29 is 13.6 Å². The van der Waals surface area contributed by atoms with Crippen molar-refractivity contribution in [3.05, 3.63) is 51.2 Å². The van der Waals surface area contributed by atoms with Crippen molar-refractivity contribution >= 4 is 46.3 Å². The normalized spacial score (nSPS) is 12.2. The van der Waals surface area contributed by atoms with Gasteiger partial charge in [0.05, 0.1) is 9.59 Å². The van der Waals surface area contributed by atoms with Crippen LogP contribution in [0.3, 0.4) is 0 Å². The quantitative estimate of drug-likeness (QED) is 0.830. The van der Waals surface area contributed by atoms with Gasteiger partial charge in [0.2, 0.25) is 5.91 Å². The molecule has 0 fully saturated rings. The average molecular weight is 348 g/mol. The summed E-state index contributed by atoms with van der Waals surface area (Å²) in [4.78, 5) is 13.0. The number of thiophene rings is 1. The minimum atomic E-state index is -0.786. The summed E-state index contributed by atoms with van der Waals surface area (Å²) in [7, 11) is 0. The van der Waals surface area contributed by atoms with E-state index in [2.05, 4.69) is 5.32 Å². The highest BCUT2D eigenvalue weighted by atomic mass is 35.5. The highest BCUT2D eigenvalue weighted by molar-refractivity contribution is 7.99. The molecular weight excluding hydrogens is 336 g/mol. The lowest BCUT2D eigenvalue weighted by Crippen LogP contribution is -2.23. The summed E-state index contributed by atoms with van der Waals surface area (Å²) < 4.78 is 27.6. The van der Waals surface area contributed by atoms with Gasteiger partial charge in [-0.25, -0.2) is 8.78 Å². The van der Waals surface area contributed by atoms with Gasteiger partial charge in [-0.15, -0.1) is 23.1 Å². The molecule has 2 aromatic rings. The average Bonchev–Trinajstić information content (AvgIpc) is 2.86. The van der Waals surface area contributed by atoms with Gasteiger partial charge in [-0.3, -0.25) is 4.79 Å². The zero-order valence-corrected chi connectivity index (χ0v) is 13.4. The second-order valence-corrected chi connectivity index (χ2v) is 7.37. The van der Waals surface area contributed by atoms with E-state index in [4.69, 9.17) is 11.6 Å². The first kappa shape index (κ1) is 16.3. The second kappa shape index (κ2) is 7.24. The number of halogens is 3. The standard InChI is InChI=1S/C14H12ClF2NOS2/c1-8(20-7-9-5-6-12(15)21-9)14(19)18-13-10(16)3-2-4-11(13)17/h2-6,8H,7H2,1H3,(H,18,19). The Labute approximate surface area is 134 Å². The molecule has 0 aliphatic rings. The summed E-state index contributed by atoms with van der Waals surface area (Å²) in [5, 5.41) is 1.85. The van der Waals surface area contributed by atoms with Crippen LogP contribution >= 0.6 is 34.7 Å². The molecule has 1 atom stereocenters. The number of thioether (sulfide) groups is 1. The Balaban J connectivity index is 1.93. The lowest BCUT2D eigenvalue weighted by molar-refractivity contribution is -0.115. The molecule has 21 heavy (non-hydrogen) atoms. The molecule has 1 heterocycles. The Morgan fingerprint density at radius 1 is 1.33 bits per heavy atom. The van der Waals surface area contributed by atoms with Crippen molar-refractivity contribution in [3.8, 4) is 0 Å². The monoisotopic (exact) mass is 347 g/mol. The number of benzene rings is 1. The summed E-state index contributed by atoms with van der Waals surface area (Å²) in [5.41, 5.74) is -0.408. The molecule has 2 rings (SSSR count). The van der Waals surface area contributed by atoms with Crippen LogP contribution in [0.2, 0.25) is 4.34 Å². The Bertz CT molecular complexity index is 627. The van der Waals surface area contributed by atoms with Crippen molar-refractivity contribution in [2.24, 2.45) is 0 Å². The van der Waals surface area contributed by atoms with Gasteiger partial charge >= 0.3 is 0 Å². The number of nitrogens with one attached hydrogen (secondary N) is 1. The van der Waals surface area contributed by atoms with E-state index in [1.807, 2.05) is 6.07 Å². The molecule has 112 valence electrons. The minimum absolute atomic E-state index is 0.408. The third-order valence-corrected chi connectivity index (χ3v) is 5.29. The van der Waals surface area contributed by atoms with Crippen LogP contribution in [-0.2, 0) is 10.5 Å². The lowest BCUT2D eigenvalue weighted by atomic mass is 10.3. The van der Waals surface area contributed by atoms with Gasteiger partial charge in [-0.05, 0) is 31.2 Å². The minimum Gasteiger partial charge on any atom is -0.320 e. The van der Waals surface area contributed by atoms with Gasteiger partial charge in [0.25, 0.3) is 0 Å². The maximum atomic E-state index is 13.5. The number of carbonyl (C=O) groups excluding carboxylic acids is 1. The summed E-state index contributed by atoms with van der Waals surface area (Å²) >= 11 is 8.65. The molecule has 1 unspecified atom stereocenters. The first-order chi connectivity index (χ1) is 9.97. The van der Waals surface area contributed by atoms with Crippen LogP contribution in [0.4, 0.5) is 14.5 Å². The fraction of sp³-hybridized carbons (Fsp3) is 0.214. The van der Waals surface area contributed by atoms with E-state index in [9.17, 15) is 13.6 Å². The van der Waals surface area contributed by atoms with E-state index in [0.29, 0.717) is 10.1 Å². The molecule has 7 heteroatoms. The second-order valence-electron chi connectivity index (χ2n) is 4.24. The predicted molar refractivity (Wildman–Crippen MR) is 85.1 cm³/mol. The smallest absolute Gasteiger partial charge is 0.237 e. The largest absolute Gasteiger partial charge is 0.320 e. The van der Waals surface area contributed by atoms with Crippen molar-refractivity contribution in [3.63, 3.8) is 0 Å². The van der Waals surface area contributed by atoms with Crippen LogP contribution in [-0.4, -0.2) is 11.2 Å². The van der Waals surface area contributed by atoms with Crippen LogP contribution in [0.15, 0.2) is 30.3 Å². The molecule has 0 radical (unpaired) electrons. The maximum absolute atomic E-state index is 13.5. The van der Waals surface area contributed by atoms with Crippen LogP contribution in [0, 0.1) is 11.6 Å². The summed E-state index contributed by atoms with van der Waals surface area (Å²) in [6.07, 6.45) is 0. The molecule has 0 bridgehead atoms. The van der Waals surface area contributed by atoms with Crippen molar-refractivity contribution in [2.75, 3.05) is 5.32 Å². The highest BCUT2D eigenvalue weighted by Gasteiger charge is 2.18. The molecule has 2 nitrogen and oxygen atoms in total. The number of rotatable bonds is 5. The summed E-state index contributed by atoms with van der Waals surface area (Å²) in [6, 6.07) is 7.13. The van der Waals surface area contributed by atoms with Crippen molar-refractivity contribution in [1.29, 1.82) is 0 Å². The SMILES string of the molecule is CC(SCc1ccc(Cl)s1)C(=O)Nc1c(F)cccc1F. The van der Waals surface area contributed by atoms with E-state index in [1.165, 1.54) is 29.2 Å². The Kier molecular flexibility index (Phi) is 5.61. The van der Waals surface area contributed by atoms with E-state index < -0.39 is 28.5 Å². The van der Waals surface area contributed by atoms with E-state index in [1.54, 1.807) is 13.0 Å². The summed E-state index contributed by atoms with van der Waals surface area (Å²) in [6.45, 7) is 1.69. The fourth-order valence-corrected chi connectivity index (χ4v) is 3.60. The zero-order valence-electron chi connectivity index (χ0n) is 11.0. The number of hydrogen-bond donors (Lipinski definition) is 1. The third kappa shape index (κ3) is 4.43. The Morgan fingerprint density at radius 2 is 2.00 bits per heavy atom. The molecule has 1 aromatic heterocycles. The predicted octanol–water partition coefficient (Wildman–Crippen LogP) is 4.94. The van der Waals surface area contributed by atoms with Crippen LogP contribution in [0.5, 0.6) is 0 Å². The number of hydrogen-bond acceptors (Lipinski definition) is 3. The van der Waals surface area contributed by atoms with Gasteiger partial charge < -0.3 is 5.32 Å². The number of amides is 1. The van der Waals surface area contributed by atoms with E-state index in [0.717, 1.165) is 17.0 Å². The fourth-order valence-electron chi connectivity index (χ4n) is 1.55. The first-order valence-electron chi connectivity index (χ1n) is 6.08. The van der Waals surface area contributed by atoms with Gasteiger partial charge in [0.15, 0.2) is 0 Å². The third-order valence-electron chi connectivity index (χ3n) is 2.68. The van der Waals surface area contributed by atoms with Crippen LogP contribution in [0.25, 0.3) is 0 Å². The topological polar surface area (TPSA) is 29.1 Å². The van der Waals surface area contributed by atoms with Gasteiger partial charge in [-0.1, -0.05) is 17.7 Å². The molecule has 0 spiro atoms. The number of para-hydroxylation sites is 1. The van der Waals surface area contributed by atoms with Crippen molar-refractivity contribution in [1.82, 2.24) is 0 Å². The Hall–Kier alpha value is -1.11. The first-order valence-corrected chi connectivity index (χ1v) is 8.32. The van der Waals surface area contributed by atoms with E-state index in [-0.39, 0.29) is 0 Å². The number of carbonyl (C=O) groups is 1. The van der Waals surface area contributed by atoms with Crippen LogP contribution < -0.4 is 5.32 Å². The molecule has 0 saturated heterocycles. The summed E-state index contributed by atoms with van der Waals surface area (Å²) in [5.74, 6) is -1.39. The van der Waals surface area contributed by atoms with Crippen LogP contribution in [0.1, 0.15) is 11.8 Å². The molecule has 0 aliphatic carbocycles. The highest BCUT2D eigenvalue weighted by Crippen LogP contribution is 2.27. The molecule has 1 amide bonds. The zero-order chi connectivity index (χ0) is 15.4. The maximum Gasteiger partial charge on any atom is 0.237 e. The van der Waals surface area contributed by atoms with Gasteiger partial charge in [-0.2, -0.15) is 0 Å². The number of anilines is 1. The molecule has 0 aliphatic heterocycles. The lowest BCUT2D eigenvalue weighted by Gasteiger charge is -2.12. The Morgan fingerprint density at radius 3 is 2.57 bits per heavy atom. The molecule has 0 saturated carbocycles. The van der Waals surface area contributed by atoms with Gasteiger partial charge in [0, 0.05) is 10.6 Å². The van der Waals surface area contributed by atoms with Crippen molar-refractivity contribution in [2.45, 2.75) is 17.9 Å². The molecule has 1 aromatic carbocycles. The van der Waals surface area contributed by atoms with E-state index >= 15 is 0 Å². The molecule has 1 N–H and O–H groups in total. The molecular formula is C14H12ClF2NOS2. The van der Waals surface area contributed by atoms with Gasteiger partial charge in [0.1, 0.15) is 17.3 Å².